The molecule has 1 amide bonds. The van der Waals surface area contributed by atoms with E-state index in [9.17, 15) is 20.0 Å². The van der Waals surface area contributed by atoms with Gasteiger partial charge in [0, 0.05) is 22.8 Å². The Morgan fingerprint density at radius 3 is 2.62 bits per heavy atom. The van der Waals surface area contributed by atoms with Crippen LogP contribution in [0.25, 0.3) is 0 Å². The third kappa shape index (κ3) is 3.75. The molecule has 124 valence electrons. The lowest BCUT2D eigenvalue weighted by Crippen LogP contribution is -2.20. The summed E-state index contributed by atoms with van der Waals surface area (Å²) in [5.41, 5.74) is 3.90. The summed E-state index contributed by atoms with van der Waals surface area (Å²) in [6.07, 6.45) is 0.492. The van der Waals surface area contributed by atoms with Crippen molar-refractivity contribution >= 4 is 17.3 Å². The Kier molecular flexibility index (Phi) is 5.26. The number of phenols is 1. The second-order valence-electron chi connectivity index (χ2n) is 5.13. The van der Waals surface area contributed by atoms with Crippen LogP contribution in [0.1, 0.15) is 34.8 Å². The molecule has 0 bridgehead atoms. The number of carbonyl (C=O) groups is 1. The van der Waals surface area contributed by atoms with Gasteiger partial charge in [0.15, 0.2) is 0 Å². The first kappa shape index (κ1) is 17.1. The number of carbonyl (C=O) groups excluding carboxylic acids is 1. The molecule has 0 fully saturated rings. The largest absolute Gasteiger partial charge is 0.507 e. The number of amides is 1. The highest BCUT2D eigenvalue weighted by Crippen LogP contribution is 2.20. The van der Waals surface area contributed by atoms with Crippen LogP contribution in [0.5, 0.6) is 5.75 Å². The number of aromatic hydroxyl groups is 1. The van der Waals surface area contributed by atoms with Gasteiger partial charge in [0.05, 0.1) is 10.6 Å². The summed E-state index contributed by atoms with van der Waals surface area (Å²) >= 11 is 0. The molecule has 24 heavy (non-hydrogen) atoms. The van der Waals surface area contributed by atoms with E-state index in [1.54, 1.807) is 25.1 Å². The van der Waals surface area contributed by atoms with Crippen LogP contribution in [0.4, 0.5) is 5.69 Å². The quantitative estimate of drug-likeness (QED) is 0.500. The van der Waals surface area contributed by atoms with Gasteiger partial charge in [-0.1, -0.05) is 25.1 Å². The lowest BCUT2D eigenvalue weighted by Gasteiger charge is -2.07. The Balaban J connectivity index is 2.24. The number of hydrogen-bond donors (Lipinski definition) is 2. The first-order chi connectivity index (χ1) is 11.4. The molecule has 2 aromatic carbocycles. The van der Waals surface area contributed by atoms with Crippen molar-refractivity contribution in [3.05, 3.63) is 69.3 Å². The minimum absolute atomic E-state index is 0.0679. The molecular formula is C17H17N3O4. The van der Waals surface area contributed by atoms with E-state index in [4.69, 9.17) is 0 Å². The van der Waals surface area contributed by atoms with E-state index in [1.807, 2.05) is 6.92 Å². The summed E-state index contributed by atoms with van der Waals surface area (Å²) in [5.74, 6) is -0.488. The van der Waals surface area contributed by atoms with Crippen molar-refractivity contribution in [1.29, 1.82) is 0 Å². The molecule has 0 unspecified atom stereocenters. The highest BCUT2D eigenvalue weighted by molar-refractivity contribution is 6.04. The minimum Gasteiger partial charge on any atom is -0.507 e. The molecular weight excluding hydrogens is 310 g/mol. The van der Waals surface area contributed by atoms with Crippen LogP contribution in [0.15, 0.2) is 47.6 Å². The zero-order valence-electron chi connectivity index (χ0n) is 13.3. The van der Waals surface area contributed by atoms with Crippen LogP contribution in [0.3, 0.4) is 0 Å². The van der Waals surface area contributed by atoms with Gasteiger partial charge in [-0.25, -0.2) is 5.43 Å². The minimum atomic E-state index is -0.556. The summed E-state index contributed by atoms with van der Waals surface area (Å²) < 4.78 is 0. The van der Waals surface area contributed by atoms with Crippen molar-refractivity contribution in [1.82, 2.24) is 5.43 Å². The number of rotatable bonds is 5. The summed E-state index contributed by atoms with van der Waals surface area (Å²) in [6.45, 7) is 3.44. The maximum atomic E-state index is 12.2. The number of benzene rings is 2. The molecule has 0 saturated carbocycles. The summed E-state index contributed by atoms with van der Waals surface area (Å²) in [7, 11) is 0. The van der Waals surface area contributed by atoms with E-state index in [2.05, 4.69) is 10.5 Å². The molecule has 2 rings (SSSR count). The molecule has 7 nitrogen and oxygen atoms in total. The number of para-hydroxylation sites is 1. The first-order valence-corrected chi connectivity index (χ1v) is 7.34. The van der Waals surface area contributed by atoms with Gasteiger partial charge in [-0.05, 0) is 31.5 Å². The molecule has 0 spiro atoms. The highest BCUT2D eigenvalue weighted by Gasteiger charge is 2.15. The van der Waals surface area contributed by atoms with Crippen LogP contribution < -0.4 is 5.43 Å². The number of hydrazone groups is 1. The molecule has 0 aliphatic rings. The molecule has 2 aromatic rings. The standard InChI is InChI=1S/C17H17N3O4/c1-3-14(13-6-4-5-7-16(13)21)18-19-17(22)12-9-8-11(2)15(10-12)20(23)24/h4-10,21H,3H2,1-2H3,(H,19,22). The van der Waals surface area contributed by atoms with Crippen molar-refractivity contribution in [2.24, 2.45) is 5.10 Å². The molecule has 0 saturated heterocycles. The number of hydrogen-bond acceptors (Lipinski definition) is 5. The molecule has 2 N–H and O–H groups in total. The third-order valence-electron chi connectivity index (χ3n) is 3.51. The first-order valence-electron chi connectivity index (χ1n) is 7.34. The topological polar surface area (TPSA) is 105 Å². The monoisotopic (exact) mass is 327 g/mol. The Morgan fingerprint density at radius 1 is 1.29 bits per heavy atom. The van der Waals surface area contributed by atoms with Gasteiger partial charge in [-0.2, -0.15) is 5.10 Å². The normalized spacial score (nSPS) is 11.2. The van der Waals surface area contributed by atoms with Crippen LogP contribution >= 0.6 is 0 Å². The lowest BCUT2D eigenvalue weighted by atomic mass is 10.1. The van der Waals surface area contributed by atoms with Crippen molar-refractivity contribution in [3.63, 3.8) is 0 Å². The summed E-state index contributed by atoms with van der Waals surface area (Å²) in [4.78, 5) is 22.6. The van der Waals surface area contributed by atoms with Gasteiger partial charge in [-0.3, -0.25) is 14.9 Å². The second-order valence-corrected chi connectivity index (χ2v) is 5.13. The summed E-state index contributed by atoms with van der Waals surface area (Å²) in [6, 6.07) is 10.9. The van der Waals surface area contributed by atoms with Gasteiger partial charge >= 0.3 is 0 Å². The van der Waals surface area contributed by atoms with E-state index < -0.39 is 10.8 Å². The van der Waals surface area contributed by atoms with Gasteiger partial charge in [0.25, 0.3) is 11.6 Å². The second kappa shape index (κ2) is 7.36. The highest BCUT2D eigenvalue weighted by atomic mass is 16.6. The van der Waals surface area contributed by atoms with Crippen LogP contribution in [0, 0.1) is 17.0 Å². The van der Waals surface area contributed by atoms with E-state index in [0.717, 1.165) is 0 Å². The predicted octanol–water partition coefficient (Wildman–Crippen LogP) is 3.15. The zero-order chi connectivity index (χ0) is 17.7. The Bertz CT molecular complexity index is 815. The Labute approximate surface area is 138 Å². The Hall–Kier alpha value is -3.22. The Morgan fingerprint density at radius 2 is 2.00 bits per heavy atom. The smallest absolute Gasteiger partial charge is 0.273 e. The number of nitrogens with zero attached hydrogens (tertiary/aromatic N) is 2. The SMILES string of the molecule is CCC(=NNC(=O)c1ccc(C)c([N+](=O)[O-])c1)c1ccccc1O. The lowest BCUT2D eigenvalue weighted by molar-refractivity contribution is -0.385. The molecule has 0 aliphatic heterocycles. The maximum absolute atomic E-state index is 12.2. The number of aryl methyl sites for hydroxylation is 1. The fourth-order valence-corrected chi connectivity index (χ4v) is 2.18. The number of phenolic OH excluding ortho intramolecular Hbond substituents is 1. The fourth-order valence-electron chi connectivity index (χ4n) is 2.18. The maximum Gasteiger partial charge on any atom is 0.273 e. The predicted molar refractivity (Wildman–Crippen MR) is 90.2 cm³/mol. The number of nitrogens with one attached hydrogen (secondary N) is 1. The third-order valence-corrected chi connectivity index (χ3v) is 3.51. The van der Waals surface area contributed by atoms with E-state index in [-0.39, 0.29) is 17.0 Å². The molecule has 0 aliphatic carbocycles. The van der Waals surface area contributed by atoms with Crippen LogP contribution in [-0.4, -0.2) is 21.6 Å². The van der Waals surface area contributed by atoms with Crippen molar-refractivity contribution in [2.45, 2.75) is 20.3 Å². The van der Waals surface area contributed by atoms with Gasteiger partial charge in [0.2, 0.25) is 0 Å². The van der Waals surface area contributed by atoms with E-state index >= 15 is 0 Å². The van der Waals surface area contributed by atoms with Crippen LogP contribution in [0.2, 0.25) is 0 Å². The fraction of sp³-hybridized carbons (Fsp3) is 0.176. The van der Waals surface area contributed by atoms with Gasteiger partial charge in [0.1, 0.15) is 5.75 Å². The van der Waals surface area contributed by atoms with Crippen molar-refractivity contribution < 1.29 is 14.8 Å². The average Bonchev–Trinajstić information content (AvgIpc) is 2.56. The summed E-state index contributed by atoms with van der Waals surface area (Å²) in [5, 5.41) is 24.8. The molecule has 0 radical (unpaired) electrons. The van der Waals surface area contributed by atoms with Crippen molar-refractivity contribution in [2.75, 3.05) is 0 Å². The van der Waals surface area contributed by atoms with E-state index in [0.29, 0.717) is 23.3 Å². The van der Waals surface area contributed by atoms with Gasteiger partial charge < -0.3 is 5.11 Å². The average molecular weight is 327 g/mol. The molecule has 0 heterocycles. The van der Waals surface area contributed by atoms with Crippen LogP contribution in [-0.2, 0) is 0 Å². The number of nitro groups is 1. The zero-order valence-corrected chi connectivity index (χ0v) is 13.3. The van der Waals surface area contributed by atoms with Gasteiger partial charge in [-0.15, -0.1) is 0 Å². The van der Waals surface area contributed by atoms with E-state index in [1.165, 1.54) is 24.3 Å². The molecule has 7 heteroatoms. The number of nitro benzene ring substituents is 1. The molecule has 0 aromatic heterocycles. The van der Waals surface area contributed by atoms with Crippen molar-refractivity contribution in [3.8, 4) is 5.75 Å². The molecule has 0 atom stereocenters.